The highest BCUT2D eigenvalue weighted by molar-refractivity contribution is 6.10. The van der Waals surface area contributed by atoms with Gasteiger partial charge >= 0.3 is 0 Å². The quantitative estimate of drug-likeness (QED) is 0.0323. The number of halogens is 1. The summed E-state index contributed by atoms with van der Waals surface area (Å²) in [6.07, 6.45) is 20.0. The number of rotatable bonds is 21. The Morgan fingerprint density at radius 2 is 0.734 bits per heavy atom. The van der Waals surface area contributed by atoms with Crippen molar-refractivity contribution >= 4 is 103 Å². The molecule has 0 spiro atoms. The second-order valence-corrected chi connectivity index (χ2v) is 31.1. The number of nitriles is 5. The second-order valence-electron chi connectivity index (χ2n) is 31.1. The molecule has 17 rings (SSSR count). The fourth-order valence-corrected chi connectivity index (χ4v) is 16.0. The van der Waals surface area contributed by atoms with Crippen LogP contribution in [0.4, 0.5) is 4.39 Å². The van der Waals surface area contributed by atoms with Crippen molar-refractivity contribution < 1.29 is 66.9 Å². The van der Waals surface area contributed by atoms with Crippen LogP contribution in [-0.2, 0) is 30.6 Å². The largest absolute Gasteiger partial charge is 0.493 e. The molecule has 5 atom stereocenters. The maximum Gasteiger partial charge on any atom is 0.252 e. The number of nitrogens with zero attached hydrogens (tertiary/aromatic N) is 16. The Kier molecular flexibility index (Phi) is 44.7. The van der Waals surface area contributed by atoms with Crippen LogP contribution in [0.3, 0.4) is 0 Å². The fraction of sp³-hybridized carbons (Fsp3) is 0.362. The van der Waals surface area contributed by atoms with E-state index in [1.807, 2.05) is 106 Å². The topological polar surface area (TPSA) is 529 Å². The van der Waals surface area contributed by atoms with E-state index in [-0.39, 0.29) is 110 Å². The van der Waals surface area contributed by atoms with Crippen LogP contribution in [0.2, 0.25) is 0 Å². The van der Waals surface area contributed by atoms with Crippen molar-refractivity contribution in [2.75, 3.05) is 79.7 Å². The summed E-state index contributed by atoms with van der Waals surface area (Å²) in [4.78, 5) is 166. The van der Waals surface area contributed by atoms with Crippen molar-refractivity contribution in [2.45, 2.75) is 170 Å². The van der Waals surface area contributed by atoms with E-state index < -0.39 is 24.0 Å². The molecule has 9 aromatic heterocycles. The normalized spacial score (nSPS) is 15.3. The van der Waals surface area contributed by atoms with Crippen LogP contribution in [0.15, 0.2) is 177 Å². The van der Waals surface area contributed by atoms with E-state index in [0.29, 0.717) is 160 Å². The van der Waals surface area contributed by atoms with Gasteiger partial charge in [-0.15, -0.1) is 0 Å². The third-order valence-corrected chi connectivity index (χ3v) is 23.0. The Labute approximate surface area is 829 Å². The molecule has 0 bridgehead atoms. The lowest BCUT2D eigenvalue weighted by molar-refractivity contribution is -0.130. The van der Waals surface area contributed by atoms with Gasteiger partial charge in [0.05, 0.1) is 124 Å². The Hall–Kier alpha value is -16.9. The number of hydrogen-bond donors (Lipinski definition) is 9. The number of fused-ring (bicyclic) bond motifs is 4. The number of likely N-dealkylation sites (tertiary alicyclic amines) is 5. The average Bonchev–Trinajstić information content (AvgIpc) is 1.64. The van der Waals surface area contributed by atoms with Crippen molar-refractivity contribution in [1.82, 2.24) is 95.9 Å². The minimum absolute atomic E-state index is 0.0237. The van der Waals surface area contributed by atoms with Crippen molar-refractivity contribution in [2.24, 2.45) is 0 Å². The number of ether oxygens (including phenoxy) is 2. The molecule has 0 radical (unpaired) electrons. The number of nitrogens with one attached hydrogen (secondary N) is 8. The summed E-state index contributed by atoms with van der Waals surface area (Å²) in [7, 11) is 3.11. The summed E-state index contributed by atoms with van der Waals surface area (Å²) in [6.45, 7) is 22.0. The molecule has 0 saturated carbocycles. The highest BCUT2D eigenvalue weighted by Crippen LogP contribution is 2.34. The van der Waals surface area contributed by atoms with E-state index in [9.17, 15) is 57.4 Å². The van der Waals surface area contributed by atoms with Gasteiger partial charge in [-0.25, -0.2) is 19.3 Å². The predicted molar refractivity (Wildman–Crippen MR) is 537 cm³/mol. The number of pyridine rings is 6. The third-order valence-electron chi connectivity index (χ3n) is 23.0. The van der Waals surface area contributed by atoms with Crippen LogP contribution in [0.1, 0.15) is 191 Å². The number of amides is 10. The molecule has 14 heterocycles. The fourth-order valence-electron chi connectivity index (χ4n) is 16.0. The van der Waals surface area contributed by atoms with E-state index >= 15 is 0 Å². The smallest absolute Gasteiger partial charge is 0.252 e. The Bertz CT molecular complexity index is 6570. The van der Waals surface area contributed by atoms with E-state index in [1.54, 1.807) is 124 Å². The van der Waals surface area contributed by atoms with Crippen molar-refractivity contribution in [3.8, 4) is 75.6 Å². The van der Waals surface area contributed by atoms with E-state index in [2.05, 4.69) is 102 Å². The van der Waals surface area contributed by atoms with Crippen molar-refractivity contribution in [1.29, 1.82) is 26.3 Å². The molecule has 5 aliphatic rings. The molecule has 37 nitrogen and oxygen atoms in total. The summed E-state index contributed by atoms with van der Waals surface area (Å²) >= 11 is 0. The predicted octanol–water partition coefficient (Wildman–Crippen LogP) is 13.4. The number of hydrogen-bond acceptors (Lipinski definition) is 24. The number of aliphatic hydroxyl groups excluding tert-OH is 1. The first-order valence-electron chi connectivity index (χ1n) is 47.7. The lowest BCUT2D eigenvalue weighted by Crippen LogP contribution is -2.42. The number of aromatic nitrogens is 9. The molecular weight excluding hydrogens is 1820 g/mol. The number of aliphatic hydroxyl groups is 1. The van der Waals surface area contributed by atoms with Crippen LogP contribution in [0, 0.1) is 62.5 Å². The molecule has 746 valence electrons. The van der Waals surface area contributed by atoms with Gasteiger partial charge in [0.1, 0.15) is 53.0 Å². The number of carbonyl (C=O) groups is 10. The maximum atomic E-state index is 13.2. The summed E-state index contributed by atoms with van der Waals surface area (Å²) in [5.41, 5.74) is 9.79. The molecule has 12 aromatic rings. The Morgan fingerprint density at radius 3 is 1.12 bits per heavy atom. The molecule has 5 saturated heterocycles. The minimum Gasteiger partial charge on any atom is -0.493 e. The van der Waals surface area contributed by atoms with Gasteiger partial charge in [-0.05, 0) is 184 Å². The first-order valence-corrected chi connectivity index (χ1v) is 47.7. The van der Waals surface area contributed by atoms with Gasteiger partial charge in [-0.2, -0.15) is 26.3 Å². The van der Waals surface area contributed by atoms with E-state index in [1.165, 1.54) is 55.2 Å². The Morgan fingerprint density at radius 1 is 0.385 bits per heavy atom. The van der Waals surface area contributed by atoms with E-state index in [4.69, 9.17) is 35.8 Å². The number of methoxy groups -OCH3 is 2. The van der Waals surface area contributed by atoms with Gasteiger partial charge in [0.15, 0.2) is 11.5 Å². The van der Waals surface area contributed by atoms with E-state index in [0.717, 1.165) is 60.1 Å². The zero-order valence-electron chi connectivity index (χ0n) is 82.4. The summed E-state index contributed by atoms with van der Waals surface area (Å²) in [5, 5.41) is 70.4. The van der Waals surface area contributed by atoms with Crippen LogP contribution in [0.25, 0.3) is 77.8 Å². The molecular formula is C105H121FN24O13. The summed E-state index contributed by atoms with van der Waals surface area (Å²) in [5.74, 6) is -2.22. The zero-order valence-corrected chi connectivity index (χ0v) is 82.4. The zero-order chi connectivity index (χ0) is 104. The van der Waals surface area contributed by atoms with Gasteiger partial charge in [-0.1, -0.05) is 93.5 Å². The summed E-state index contributed by atoms with van der Waals surface area (Å²) < 4.78 is 23.7. The molecule has 0 aliphatic carbocycles. The van der Waals surface area contributed by atoms with Crippen LogP contribution in [-0.4, -0.2) is 243 Å². The average molecular weight is 1950 g/mol. The molecule has 5 aliphatic heterocycles. The van der Waals surface area contributed by atoms with Gasteiger partial charge in [0.25, 0.3) is 29.5 Å². The molecule has 10 amide bonds. The van der Waals surface area contributed by atoms with Crippen LogP contribution >= 0.6 is 0 Å². The molecule has 5 fully saturated rings. The number of benzene rings is 3. The molecule has 9 N–H and O–H groups in total. The standard InChI is InChI=1S/C22H21N5O3.C21H18FN5O2.C21H22N4O4.C16H15N5O2.C15H15N5O2.5C2H6/c23-11-16-2-1-9-27(16)20(29)12-25-22(30)17-7-8-24-21-18(17)10-19(26-21)15-5-3-14(13-28)4-6-15;22-14-5-3-13(4-6-14)18-10-17-16(7-8-24-20(17)26-18)21(29)25-12-19(28)27-9-1-2-15(27)11-23;1-28-18-6-5-14(11-19(18)29-2)17-10-15(7-8-23-17)21(27)24-13-20(26)25-9-3-4-16(25)12-22;17-8-11-2-1-7-21(11)15(22)10-20-16(23)13-4-6-19-14-9-18-5-3-12(13)14;16-8-10-2-1-7-20(10)13(21)9-19-15(22)12-4-6-18-14-11(12)3-5-17-14;5*1-2/h3-8,10,16,28H,1-2,9,12-13H2,(H,24,26)(H,25,30);3-8,10,15H,1-2,9,12H2,(H,24,26)(H,25,29);5-8,10-11,16H,3-4,9,13H2,1-2H3,(H,24,27);3-6,9,11H,1-2,7,10H2,(H,20,23);3-6,10H,1-2,7,9H2,(H,17,18)(H,19,22);5*1-2H3/t16-;15-;16-;11-;10-;;;;;/m00000...../s1. The van der Waals surface area contributed by atoms with Gasteiger partial charge in [0.2, 0.25) is 29.5 Å². The SMILES string of the molecule is CC.CC.CC.CC.CC.COc1ccc(-c2cc(C(=O)NCC(=O)N3CCC[C@H]3C#N)ccn2)cc1OC.N#C[C@@H]1CCCN1C(=O)CNC(=O)c1ccnc2[nH]c(-c3ccc(CO)cc3)cc12.N#C[C@@H]1CCCN1C(=O)CNC(=O)c1ccnc2[nH]c(-c3ccc(F)cc3)cc12.N#C[C@@H]1CCCN1C(=O)CNC(=O)c1ccnc2[nH]ccc12.N#C[C@@H]1CCCN1C(=O)CNC(=O)c1ccnc2cnccc12. The highest BCUT2D eigenvalue weighted by Gasteiger charge is 2.34. The third kappa shape index (κ3) is 29.4. The summed E-state index contributed by atoms with van der Waals surface area (Å²) in [6, 6.07) is 44.2. The van der Waals surface area contributed by atoms with Crippen molar-refractivity contribution in [3.63, 3.8) is 0 Å². The molecule has 0 unspecified atom stereocenters. The monoisotopic (exact) mass is 1940 g/mol. The number of carbonyl (C=O) groups excluding carboxylic acids is 10. The maximum absolute atomic E-state index is 13.2. The minimum atomic E-state index is -0.421. The molecule has 38 heteroatoms. The molecule has 3 aromatic carbocycles. The molecule has 143 heavy (non-hydrogen) atoms. The number of H-pyrrole nitrogens is 3. The van der Waals surface area contributed by atoms with Gasteiger partial charge < -0.3 is 80.6 Å². The number of aromatic amines is 3. The second kappa shape index (κ2) is 57.5. The lowest BCUT2D eigenvalue weighted by Gasteiger charge is -2.19. The van der Waals surface area contributed by atoms with Gasteiger partial charge in [0, 0.05) is 120 Å². The lowest BCUT2D eigenvalue weighted by atomic mass is 10.1. The van der Waals surface area contributed by atoms with Gasteiger partial charge in [-0.3, -0.25) is 62.9 Å². The Balaban J connectivity index is 0.000000214. The van der Waals surface area contributed by atoms with Crippen molar-refractivity contribution in [3.05, 3.63) is 216 Å². The van der Waals surface area contributed by atoms with Crippen LogP contribution in [0.5, 0.6) is 11.5 Å². The highest BCUT2D eigenvalue weighted by atomic mass is 19.1. The van der Waals surface area contributed by atoms with Crippen LogP contribution < -0.4 is 36.1 Å². The first-order chi connectivity index (χ1) is 69.6. The first kappa shape index (κ1) is 111.